The second kappa shape index (κ2) is 6.32. The van der Waals surface area contributed by atoms with E-state index in [0.717, 1.165) is 31.6 Å². The minimum absolute atomic E-state index is 0.254. The molecule has 116 valence electrons. The van der Waals surface area contributed by atoms with E-state index in [9.17, 15) is 4.79 Å². The zero-order valence-electron chi connectivity index (χ0n) is 13.3. The number of fused-ring (bicyclic) bond motifs is 1. The maximum atomic E-state index is 12.8. The van der Waals surface area contributed by atoms with Crippen molar-refractivity contribution in [2.75, 3.05) is 20.1 Å². The highest BCUT2D eigenvalue weighted by atomic mass is 16.1. The SMILES string of the molecule is CCCCNCc1cc2c(n(C3CC3)c1=O)CCN(C)C2. The van der Waals surface area contributed by atoms with Gasteiger partial charge in [0.15, 0.2) is 0 Å². The predicted octanol–water partition coefficient (Wildman–Crippen LogP) is 2.06. The summed E-state index contributed by atoms with van der Waals surface area (Å²) in [7, 11) is 2.16. The summed E-state index contributed by atoms with van der Waals surface area (Å²) in [5.41, 5.74) is 3.87. The van der Waals surface area contributed by atoms with Gasteiger partial charge in [0.1, 0.15) is 0 Å². The van der Waals surface area contributed by atoms with Gasteiger partial charge < -0.3 is 14.8 Å². The van der Waals surface area contributed by atoms with E-state index in [1.54, 1.807) is 0 Å². The lowest BCUT2D eigenvalue weighted by Crippen LogP contribution is -2.36. The molecule has 1 aromatic rings. The highest BCUT2D eigenvalue weighted by Crippen LogP contribution is 2.36. The van der Waals surface area contributed by atoms with E-state index in [1.807, 2.05) is 0 Å². The van der Waals surface area contributed by atoms with Gasteiger partial charge in [0.05, 0.1) is 0 Å². The number of nitrogens with one attached hydrogen (secondary N) is 1. The largest absolute Gasteiger partial charge is 0.312 e. The van der Waals surface area contributed by atoms with Crippen LogP contribution < -0.4 is 10.9 Å². The van der Waals surface area contributed by atoms with Crippen molar-refractivity contribution in [2.45, 2.75) is 58.2 Å². The van der Waals surface area contributed by atoms with Crippen molar-refractivity contribution < 1.29 is 0 Å². The molecule has 1 aliphatic carbocycles. The Morgan fingerprint density at radius 2 is 2.19 bits per heavy atom. The van der Waals surface area contributed by atoms with Crippen LogP contribution in [0, 0.1) is 0 Å². The van der Waals surface area contributed by atoms with Crippen molar-refractivity contribution in [1.29, 1.82) is 0 Å². The van der Waals surface area contributed by atoms with Crippen LogP contribution in [0.4, 0.5) is 0 Å². The van der Waals surface area contributed by atoms with Gasteiger partial charge in [-0.25, -0.2) is 0 Å². The highest BCUT2D eigenvalue weighted by Gasteiger charge is 2.30. The molecular weight excluding hydrogens is 262 g/mol. The van der Waals surface area contributed by atoms with E-state index >= 15 is 0 Å². The molecule has 2 heterocycles. The normalized spacial score (nSPS) is 18.8. The molecule has 1 aliphatic heterocycles. The van der Waals surface area contributed by atoms with Crippen LogP contribution in [0.1, 0.15) is 55.5 Å². The zero-order chi connectivity index (χ0) is 14.8. The molecule has 0 amide bonds. The number of hydrogen-bond donors (Lipinski definition) is 1. The van der Waals surface area contributed by atoms with Gasteiger partial charge in [-0.15, -0.1) is 0 Å². The summed E-state index contributed by atoms with van der Waals surface area (Å²) in [5, 5.41) is 3.42. The number of likely N-dealkylation sites (N-methyl/N-ethyl adjacent to an activating group) is 1. The molecule has 0 radical (unpaired) electrons. The van der Waals surface area contributed by atoms with E-state index < -0.39 is 0 Å². The van der Waals surface area contributed by atoms with Gasteiger partial charge in [-0.2, -0.15) is 0 Å². The molecule has 1 fully saturated rings. The van der Waals surface area contributed by atoms with Crippen molar-refractivity contribution in [3.63, 3.8) is 0 Å². The van der Waals surface area contributed by atoms with Gasteiger partial charge in [0, 0.05) is 43.4 Å². The second-order valence-corrected chi connectivity index (χ2v) is 6.57. The predicted molar refractivity (Wildman–Crippen MR) is 85.6 cm³/mol. The number of hydrogen-bond acceptors (Lipinski definition) is 3. The van der Waals surface area contributed by atoms with E-state index in [2.05, 4.69) is 34.8 Å². The fourth-order valence-electron chi connectivity index (χ4n) is 3.24. The Labute approximate surface area is 127 Å². The maximum Gasteiger partial charge on any atom is 0.255 e. The van der Waals surface area contributed by atoms with Crippen molar-refractivity contribution in [2.24, 2.45) is 0 Å². The number of pyridine rings is 1. The minimum Gasteiger partial charge on any atom is -0.312 e. The summed E-state index contributed by atoms with van der Waals surface area (Å²) in [4.78, 5) is 15.1. The fourth-order valence-corrected chi connectivity index (χ4v) is 3.24. The molecule has 0 unspecified atom stereocenters. The molecular formula is C17H27N3O. The summed E-state index contributed by atoms with van der Waals surface area (Å²) in [5.74, 6) is 0. The Kier molecular flexibility index (Phi) is 4.45. The number of aromatic nitrogens is 1. The standard InChI is InChI=1S/C17H27N3O/c1-3-4-8-18-11-13-10-14-12-19(2)9-7-16(14)20(17(13)21)15-5-6-15/h10,15,18H,3-9,11-12H2,1-2H3. The van der Waals surface area contributed by atoms with E-state index in [0.29, 0.717) is 12.6 Å². The molecule has 0 atom stereocenters. The van der Waals surface area contributed by atoms with Crippen LogP contribution in [0.5, 0.6) is 0 Å². The molecule has 1 saturated carbocycles. The fraction of sp³-hybridized carbons (Fsp3) is 0.706. The third-order valence-electron chi connectivity index (χ3n) is 4.61. The lowest BCUT2D eigenvalue weighted by atomic mass is 10.0. The average molecular weight is 289 g/mol. The van der Waals surface area contributed by atoms with Gasteiger partial charge in [0.25, 0.3) is 5.56 Å². The lowest BCUT2D eigenvalue weighted by Gasteiger charge is -2.28. The second-order valence-electron chi connectivity index (χ2n) is 6.57. The first-order valence-electron chi connectivity index (χ1n) is 8.36. The third kappa shape index (κ3) is 3.22. The molecule has 0 bridgehead atoms. The molecule has 3 rings (SSSR count). The van der Waals surface area contributed by atoms with E-state index in [4.69, 9.17) is 0 Å². The Morgan fingerprint density at radius 3 is 2.90 bits per heavy atom. The number of unbranched alkanes of at least 4 members (excludes halogenated alkanes) is 1. The Hall–Kier alpha value is -1.13. The smallest absolute Gasteiger partial charge is 0.255 e. The van der Waals surface area contributed by atoms with Crippen LogP contribution in [0.25, 0.3) is 0 Å². The molecule has 4 nitrogen and oxygen atoms in total. The molecule has 2 aliphatic rings. The molecule has 21 heavy (non-hydrogen) atoms. The minimum atomic E-state index is 0.254. The summed E-state index contributed by atoms with van der Waals surface area (Å²) < 4.78 is 2.12. The van der Waals surface area contributed by atoms with Crippen molar-refractivity contribution in [3.05, 3.63) is 33.2 Å². The first-order valence-corrected chi connectivity index (χ1v) is 8.36. The molecule has 1 N–H and O–H groups in total. The van der Waals surface area contributed by atoms with Gasteiger partial charge in [0.2, 0.25) is 0 Å². The van der Waals surface area contributed by atoms with Gasteiger partial charge in [-0.05, 0) is 44.5 Å². The quantitative estimate of drug-likeness (QED) is 0.815. The third-order valence-corrected chi connectivity index (χ3v) is 4.61. The van der Waals surface area contributed by atoms with Gasteiger partial charge >= 0.3 is 0 Å². The molecule has 0 spiro atoms. The summed E-state index contributed by atoms with van der Waals surface area (Å²) >= 11 is 0. The van der Waals surface area contributed by atoms with Crippen LogP contribution in [0.15, 0.2) is 10.9 Å². The summed E-state index contributed by atoms with van der Waals surface area (Å²) in [6.45, 7) is 5.94. The molecule has 4 heteroatoms. The first kappa shape index (κ1) is 14.8. The van der Waals surface area contributed by atoms with Crippen LogP contribution in [0.3, 0.4) is 0 Å². The molecule has 1 aromatic heterocycles. The first-order chi connectivity index (χ1) is 10.2. The van der Waals surface area contributed by atoms with Crippen molar-refractivity contribution in [3.8, 4) is 0 Å². The molecule has 0 saturated heterocycles. The van der Waals surface area contributed by atoms with Crippen LogP contribution in [-0.4, -0.2) is 29.6 Å². The Morgan fingerprint density at radius 1 is 1.38 bits per heavy atom. The van der Waals surface area contributed by atoms with E-state index in [1.165, 1.54) is 36.9 Å². The Balaban J connectivity index is 1.88. The average Bonchev–Trinajstić information content (AvgIpc) is 3.29. The van der Waals surface area contributed by atoms with Gasteiger partial charge in [-0.1, -0.05) is 13.3 Å². The van der Waals surface area contributed by atoms with Gasteiger partial charge in [-0.3, -0.25) is 4.79 Å². The Bertz CT molecular complexity index is 560. The van der Waals surface area contributed by atoms with E-state index in [-0.39, 0.29) is 5.56 Å². The maximum absolute atomic E-state index is 12.8. The van der Waals surface area contributed by atoms with Crippen LogP contribution in [0.2, 0.25) is 0 Å². The lowest BCUT2D eigenvalue weighted by molar-refractivity contribution is 0.303. The van der Waals surface area contributed by atoms with Crippen LogP contribution in [-0.2, 0) is 19.5 Å². The number of rotatable bonds is 6. The zero-order valence-corrected chi connectivity index (χ0v) is 13.3. The van der Waals surface area contributed by atoms with Crippen LogP contribution >= 0.6 is 0 Å². The molecule has 0 aromatic carbocycles. The van der Waals surface area contributed by atoms with Crippen molar-refractivity contribution >= 4 is 0 Å². The highest BCUT2D eigenvalue weighted by molar-refractivity contribution is 5.30. The van der Waals surface area contributed by atoms with Crippen molar-refractivity contribution in [1.82, 2.24) is 14.8 Å². The topological polar surface area (TPSA) is 37.3 Å². The summed E-state index contributed by atoms with van der Waals surface area (Å²) in [6.07, 6.45) is 5.73. The monoisotopic (exact) mass is 289 g/mol. The number of nitrogens with zero attached hydrogens (tertiary/aromatic N) is 2. The summed E-state index contributed by atoms with van der Waals surface area (Å²) in [6, 6.07) is 2.63.